The summed E-state index contributed by atoms with van der Waals surface area (Å²) in [6, 6.07) is 17.9. The molecule has 4 aromatic rings. The van der Waals surface area contributed by atoms with E-state index in [1.165, 1.54) is 4.90 Å². The normalized spacial score (nSPS) is 10.6. The van der Waals surface area contributed by atoms with Crippen molar-refractivity contribution in [1.29, 1.82) is 0 Å². The number of aromatic amines is 1. The van der Waals surface area contributed by atoms with Crippen LogP contribution in [-0.2, 0) is 6.54 Å². The number of nitrogens with zero attached hydrogens (tertiary/aromatic N) is 3. The van der Waals surface area contributed by atoms with Crippen LogP contribution in [0.25, 0.3) is 10.9 Å². The van der Waals surface area contributed by atoms with Crippen LogP contribution in [0, 0.1) is 0 Å². The number of amides is 1. The zero-order valence-electron chi connectivity index (χ0n) is 17.1. The highest BCUT2D eigenvalue weighted by Crippen LogP contribution is 2.28. The van der Waals surface area contributed by atoms with Gasteiger partial charge < -0.3 is 19.9 Å². The summed E-state index contributed by atoms with van der Waals surface area (Å²) in [5.74, 6) is 1.19. The van der Waals surface area contributed by atoms with E-state index in [0.29, 0.717) is 39.5 Å². The standard InChI is InChI=1S/C23H21N5O3/c1-28(14-20-25-17-10-4-3-8-15(17)22(29)27-20)23(30)16-9-7-13-24-21(16)26-18-11-5-6-12-19(18)31-2/h3-13H,14H2,1-2H3,(H,24,26)(H,25,27,29). The quantitative estimate of drug-likeness (QED) is 0.501. The number of nitrogens with one attached hydrogen (secondary N) is 2. The molecule has 0 radical (unpaired) electrons. The summed E-state index contributed by atoms with van der Waals surface area (Å²) < 4.78 is 5.36. The van der Waals surface area contributed by atoms with Gasteiger partial charge in [-0.25, -0.2) is 9.97 Å². The van der Waals surface area contributed by atoms with Crippen molar-refractivity contribution in [2.75, 3.05) is 19.5 Å². The van der Waals surface area contributed by atoms with Gasteiger partial charge in [0.05, 0.1) is 35.8 Å². The predicted octanol–water partition coefficient (Wildman–Crippen LogP) is 3.34. The zero-order chi connectivity index (χ0) is 21.8. The van der Waals surface area contributed by atoms with Gasteiger partial charge >= 0.3 is 0 Å². The molecule has 0 aliphatic rings. The molecule has 0 atom stereocenters. The van der Waals surface area contributed by atoms with Gasteiger partial charge in [0.2, 0.25) is 0 Å². The summed E-state index contributed by atoms with van der Waals surface area (Å²) in [4.78, 5) is 38.5. The molecular formula is C23H21N5O3. The highest BCUT2D eigenvalue weighted by Gasteiger charge is 2.19. The molecule has 0 fully saturated rings. The fraction of sp³-hybridized carbons (Fsp3) is 0.130. The monoisotopic (exact) mass is 415 g/mol. The Morgan fingerprint density at radius 1 is 1.10 bits per heavy atom. The number of hydrogen-bond acceptors (Lipinski definition) is 6. The van der Waals surface area contributed by atoms with Crippen LogP contribution in [0.1, 0.15) is 16.2 Å². The van der Waals surface area contributed by atoms with E-state index in [0.717, 1.165) is 0 Å². The van der Waals surface area contributed by atoms with Crippen LogP contribution < -0.4 is 15.6 Å². The number of rotatable bonds is 6. The number of pyridine rings is 1. The minimum atomic E-state index is -0.263. The molecule has 4 rings (SSSR count). The van der Waals surface area contributed by atoms with E-state index in [2.05, 4.69) is 20.3 Å². The Bertz CT molecular complexity index is 1300. The molecule has 0 saturated heterocycles. The first-order chi connectivity index (χ1) is 15.1. The second kappa shape index (κ2) is 8.66. The number of aromatic nitrogens is 3. The van der Waals surface area contributed by atoms with Gasteiger partial charge in [-0.05, 0) is 36.4 Å². The number of H-pyrrole nitrogens is 1. The number of hydrogen-bond donors (Lipinski definition) is 2. The molecule has 0 bridgehead atoms. The van der Waals surface area contributed by atoms with E-state index in [-0.39, 0.29) is 18.0 Å². The summed E-state index contributed by atoms with van der Waals surface area (Å²) in [5.41, 5.74) is 1.43. The van der Waals surface area contributed by atoms with E-state index in [1.54, 1.807) is 50.7 Å². The van der Waals surface area contributed by atoms with Crippen LogP contribution in [0.5, 0.6) is 5.75 Å². The lowest BCUT2D eigenvalue weighted by atomic mass is 10.2. The number of carbonyl (C=O) groups excluding carboxylic acids is 1. The molecule has 2 N–H and O–H groups in total. The molecule has 0 aliphatic carbocycles. The van der Waals surface area contributed by atoms with Gasteiger partial charge in [-0.3, -0.25) is 9.59 Å². The molecule has 1 amide bonds. The minimum absolute atomic E-state index is 0.141. The molecule has 0 unspecified atom stereocenters. The van der Waals surface area contributed by atoms with Crippen molar-refractivity contribution in [2.24, 2.45) is 0 Å². The Morgan fingerprint density at radius 2 is 1.87 bits per heavy atom. The highest BCUT2D eigenvalue weighted by molar-refractivity contribution is 5.99. The van der Waals surface area contributed by atoms with Crippen LogP contribution in [0.15, 0.2) is 71.7 Å². The SMILES string of the molecule is COc1ccccc1Nc1ncccc1C(=O)N(C)Cc1nc2ccccc2c(=O)[nH]1. The van der Waals surface area contributed by atoms with Crippen molar-refractivity contribution in [3.05, 3.63) is 88.6 Å². The summed E-state index contributed by atoms with van der Waals surface area (Å²) in [6.45, 7) is 0.141. The molecule has 8 heteroatoms. The highest BCUT2D eigenvalue weighted by atomic mass is 16.5. The van der Waals surface area contributed by atoms with Gasteiger partial charge in [-0.15, -0.1) is 0 Å². The zero-order valence-corrected chi connectivity index (χ0v) is 17.1. The Balaban J connectivity index is 1.59. The number of anilines is 2. The van der Waals surface area contributed by atoms with E-state index < -0.39 is 0 Å². The summed E-state index contributed by atoms with van der Waals surface area (Å²) in [7, 11) is 3.23. The summed E-state index contributed by atoms with van der Waals surface area (Å²) >= 11 is 0. The van der Waals surface area contributed by atoms with Crippen LogP contribution in [-0.4, -0.2) is 39.9 Å². The number of benzene rings is 2. The lowest BCUT2D eigenvalue weighted by molar-refractivity contribution is 0.0782. The molecule has 2 aromatic heterocycles. The Kier molecular flexibility index (Phi) is 5.61. The third-order valence-corrected chi connectivity index (χ3v) is 4.79. The maximum Gasteiger partial charge on any atom is 0.258 e. The Morgan fingerprint density at radius 3 is 2.71 bits per heavy atom. The van der Waals surface area contributed by atoms with Gasteiger partial charge in [0, 0.05) is 13.2 Å². The van der Waals surface area contributed by atoms with Crippen molar-refractivity contribution in [1.82, 2.24) is 19.9 Å². The average molecular weight is 415 g/mol. The van der Waals surface area contributed by atoms with Gasteiger partial charge in [-0.2, -0.15) is 0 Å². The molecule has 0 spiro atoms. The lowest BCUT2D eigenvalue weighted by Gasteiger charge is -2.19. The smallest absolute Gasteiger partial charge is 0.258 e. The van der Waals surface area contributed by atoms with E-state index in [9.17, 15) is 9.59 Å². The molecule has 0 saturated carbocycles. The number of para-hydroxylation sites is 3. The fourth-order valence-corrected chi connectivity index (χ4v) is 3.26. The first-order valence-electron chi connectivity index (χ1n) is 9.65. The average Bonchev–Trinajstić information content (AvgIpc) is 2.79. The van der Waals surface area contributed by atoms with E-state index in [1.807, 2.05) is 30.3 Å². The van der Waals surface area contributed by atoms with Crippen LogP contribution in [0.3, 0.4) is 0 Å². The maximum atomic E-state index is 13.2. The molecule has 2 aromatic carbocycles. The number of methoxy groups -OCH3 is 1. The van der Waals surface area contributed by atoms with Crippen LogP contribution in [0.4, 0.5) is 11.5 Å². The van der Waals surface area contributed by atoms with Gasteiger partial charge in [-0.1, -0.05) is 24.3 Å². The fourth-order valence-electron chi connectivity index (χ4n) is 3.26. The van der Waals surface area contributed by atoms with Crippen LogP contribution >= 0.6 is 0 Å². The number of fused-ring (bicyclic) bond motifs is 1. The third kappa shape index (κ3) is 4.23. The van der Waals surface area contributed by atoms with Crippen molar-refractivity contribution in [3.63, 3.8) is 0 Å². The Hall–Kier alpha value is -4.20. The maximum absolute atomic E-state index is 13.2. The summed E-state index contributed by atoms with van der Waals surface area (Å²) in [5, 5.41) is 3.68. The van der Waals surface area contributed by atoms with Gasteiger partial charge in [0.15, 0.2) is 0 Å². The number of ether oxygens (including phenoxy) is 1. The van der Waals surface area contributed by atoms with Gasteiger partial charge in [0.25, 0.3) is 11.5 Å². The van der Waals surface area contributed by atoms with E-state index >= 15 is 0 Å². The third-order valence-electron chi connectivity index (χ3n) is 4.79. The van der Waals surface area contributed by atoms with Gasteiger partial charge in [0.1, 0.15) is 17.4 Å². The number of carbonyl (C=O) groups is 1. The largest absolute Gasteiger partial charge is 0.495 e. The first kappa shape index (κ1) is 20.1. The van der Waals surface area contributed by atoms with Crippen molar-refractivity contribution < 1.29 is 9.53 Å². The van der Waals surface area contributed by atoms with E-state index in [4.69, 9.17) is 4.74 Å². The molecule has 2 heterocycles. The molecule has 31 heavy (non-hydrogen) atoms. The molecule has 156 valence electrons. The van der Waals surface area contributed by atoms with Crippen LogP contribution in [0.2, 0.25) is 0 Å². The Labute approximate surface area is 178 Å². The molecule has 8 nitrogen and oxygen atoms in total. The van der Waals surface area contributed by atoms with Crippen molar-refractivity contribution in [2.45, 2.75) is 6.54 Å². The molecule has 0 aliphatic heterocycles. The summed E-state index contributed by atoms with van der Waals surface area (Å²) in [6.07, 6.45) is 1.61. The van der Waals surface area contributed by atoms with Crippen molar-refractivity contribution >= 4 is 28.3 Å². The second-order valence-electron chi connectivity index (χ2n) is 6.92. The lowest BCUT2D eigenvalue weighted by Crippen LogP contribution is -2.29. The first-order valence-corrected chi connectivity index (χ1v) is 9.65. The minimum Gasteiger partial charge on any atom is -0.495 e. The van der Waals surface area contributed by atoms with Crippen molar-refractivity contribution in [3.8, 4) is 5.75 Å². The molecular weight excluding hydrogens is 394 g/mol. The topological polar surface area (TPSA) is 100 Å². The predicted molar refractivity (Wildman–Crippen MR) is 119 cm³/mol. The second-order valence-corrected chi connectivity index (χ2v) is 6.92.